The Bertz CT molecular complexity index is 1150. The molecule has 0 fully saturated rings. The number of amides is 2. The first-order valence-corrected chi connectivity index (χ1v) is 13.3. The third-order valence-corrected chi connectivity index (χ3v) is 7.55. The second-order valence-corrected chi connectivity index (χ2v) is 10.6. The Morgan fingerprint density at radius 1 is 1.06 bits per heavy atom. The number of hydrogen-bond donors (Lipinski definition) is 1. The lowest BCUT2D eigenvalue weighted by atomic mass is 10.1. The molecule has 1 N–H and O–H groups in total. The summed E-state index contributed by atoms with van der Waals surface area (Å²) in [6, 6.07) is 11.6. The second-order valence-electron chi connectivity index (χ2n) is 8.42. The number of hydrogen-bond acceptors (Lipinski definition) is 6. The Labute approximate surface area is 207 Å². The third-order valence-electron chi connectivity index (χ3n) is 5.81. The largest absolute Gasteiger partial charge is 0.454 e. The van der Waals surface area contributed by atoms with Gasteiger partial charge < -0.3 is 19.7 Å². The second kappa shape index (κ2) is 11.4. The molecule has 0 saturated heterocycles. The van der Waals surface area contributed by atoms with Gasteiger partial charge >= 0.3 is 0 Å². The smallest absolute Gasteiger partial charge is 0.244 e. The molecule has 9 nitrogen and oxygen atoms in total. The van der Waals surface area contributed by atoms with Crippen LogP contribution in [0.2, 0.25) is 0 Å². The van der Waals surface area contributed by atoms with Crippen LogP contribution in [0.15, 0.2) is 42.5 Å². The lowest BCUT2D eigenvalue weighted by molar-refractivity contribution is -0.139. The maximum absolute atomic E-state index is 13.6. The van der Waals surface area contributed by atoms with E-state index >= 15 is 0 Å². The van der Waals surface area contributed by atoms with Crippen LogP contribution in [-0.2, 0) is 26.2 Å². The molecular formula is C25H33N3O6S. The van der Waals surface area contributed by atoms with E-state index in [4.69, 9.17) is 9.47 Å². The van der Waals surface area contributed by atoms with Crippen LogP contribution >= 0.6 is 0 Å². The number of nitrogens with one attached hydrogen (secondary N) is 1. The predicted molar refractivity (Wildman–Crippen MR) is 134 cm³/mol. The first kappa shape index (κ1) is 26.3. The van der Waals surface area contributed by atoms with Gasteiger partial charge in [-0.3, -0.25) is 13.9 Å². The summed E-state index contributed by atoms with van der Waals surface area (Å²) in [5, 5.41) is 2.82. The summed E-state index contributed by atoms with van der Waals surface area (Å²) in [7, 11) is -3.81. The van der Waals surface area contributed by atoms with E-state index in [0.717, 1.165) is 21.9 Å². The van der Waals surface area contributed by atoms with Crippen LogP contribution in [0.4, 0.5) is 5.69 Å². The predicted octanol–water partition coefficient (Wildman–Crippen LogP) is 2.82. The fraction of sp³-hybridized carbons (Fsp3) is 0.440. The standard InChI is InChI=1S/C25H33N3O6S/c1-5-13-26-25(30)19(4)27(15-20-9-7-18(3)8-10-20)24(29)16-28(35(31,32)6-2)21-11-12-22-23(14-21)34-17-33-22/h7-12,14,19H,5-6,13,15-17H2,1-4H3,(H,26,30). The summed E-state index contributed by atoms with van der Waals surface area (Å²) in [6.07, 6.45) is 0.761. The molecular weight excluding hydrogens is 470 g/mol. The molecule has 0 aromatic heterocycles. The van der Waals surface area contributed by atoms with Crippen molar-refractivity contribution in [2.45, 2.75) is 46.7 Å². The van der Waals surface area contributed by atoms with Gasteiger partial charge in [0.2, 0.25) is 28.6 Å². The monoisotopic (exact) mass is 503 g/mol. The van der Waals surface area contributed by atoms with Crippen molar-refractivity contribution >= 4 is 27.5 Å². The summed E-state index contributed by atoms with van der Waals surface area (Å²) in [5.41, 5.74) is 2.21. The van der Waals surface area contributed by atoms with Crippen molar-refractivity contribution in [1.29, 1.82) is 0 Å². The number of fused-ring (bicyclic) bond motifs is 1. The molecule has 1 atom stereocenters. The first-order valence-electron chi connectivity index (χ1n) is 11.7. The van der Waals surface area contributed by atoms with E-state index in [1.807, 2.05) is 38.1 Å². The van der Waals surface area contributed by atoms with Gasteiger partial charge in [-0.15, -0.1) is 0 Å². The number of benzene rings is 2. The number of nitrogens with zero attached hydrogens (tertiary/aromatic N) is 2. The number of anilines is 1. The summed E-state index contributed by atoms with van der Waals surface area (Å²) in [4.78, 5) is 27.8. The van der Waals surface area contributed by atoms with Crippen molar-refractivity contribution < 1.29 is 27.5 Å². The molecule has 0 spiro atoms. The van der Waals surface area contributed by atoms with Gasteiger partial charge in [-0.05, 0) is 44.9 Å². The van der Waals surface area contributed by atoms with Crippen LogP contribution in [0.5, 0.6) is 11.5 Å². The Morgan fingerprint density at radius 3 is 2.40 bits per heavy atom. The van der Waals surface area contributed by atoms with E-state index in [1.54, 1.807) is 25.1 Å². The molecule has 0 aliphatic carbocycles. The number of carbonyl (C=O) groups is 2. The third kappa shape index (κ3) is 6.45. The molecule has 1 heterocycles. The Balaban J connectivity index is 1.92. The topological polar surface area (TPSA) is 105 Å². The maximum atomic E-state index is 13.6. The summed E-state index contributed by atoms with van der Waals surface area (Å²) < 4.78 is 37.8. The van der Waals surface area contributed by atoms with Gasteiger partial charge in [0.05, 0.1) is 11.4 Å². The van der Waals surface area contributed by atoms with E-state index in [-0.39, 0.29) is 25.0 Å². The van der Waals surface area contributed by atoms with Crippen molar-refractivity contribution in [3.05, 3.63) is 53.6 Å². The molecule has 3 rings (SSSR count). The van der Waals surface area contributed by atoms with E-state index in [2.05, 4.69) is 5.32 Å². The molecule has 35 heavy (non-hydrogen) atoms. The molecule has 0 radical (unpaired) electrons. The van der Waals surface area contributed by atoms with E-state index in [9.17, 15) is 18.0 Å². The minimum absolute atomic E-state index is 0.0486. The highest BCUT2D eigenvalue weighted by atomic mass is 32.2. The molecule has 1 aliphatic rings. The Kier molecular flexibility index (Phi) is 8.61. The minimum atomic E-state index is -3.81. The normalized spacial score (nSPS) is 13.3. The van der Waals surface area contributed by atoms with Crippen molar-refractivity contribution in [3.63, 3.8) is 0 Å². The quantitative estimate of drug-likeness (QED) is 0.506. The molecule has 2 amide bonds. The van der Waals surface area contributed by atoms with Gasteiger partial charge in [0.1, 0.15) is 12.6 Å². The molecule has 0 saturated carbocycles. The van der Waals surface area contributed by atoms with E-state index in [1.165, 1.54) is 11.8 Å². The van der Waals surface area contributed by atoms with Gasteiger partial charge in [-0.1, -0.05) is 36.8 Å². The number of sulfonamides is 1. The highest BCUT2D eigenvalue weighted by molar-refractivity contribution is 7.92. The van der Waals surface area contributed by atoms with Gasteiger partial charge in [-0.2, -0.15) is 0 Å². The van der Waals surface area contributed by atoms with Crippen molar-refractivity contribution in [2.24, 2.45) is 0 Å². The number of ether oxygens (including phenoxy) is 2. The number of aryl methyl sites for hydroxylation is 1. The zero-order valence-corrected chi connectivity index (χ0v) is 21.4. The van der Waals surface area contributed by atoms with E-state index < -0.39 is 28.5 Å². The van der Waals surface area contributed by atoms with Gasteiger partial charge in [0.15, 0.2) is 11.5 Å². The van der Waals surface area contributed by atoms with Crippen LogP contribution in [0, 0.1) is 6.92 Å². The zero-order valence-electron chi connectivity index (χ0n) is 20.6. The average molecular weight is 504 g/mol. The minimum Gasteiger partial charge on any atom is -0.454 e. The van der Waals surface area contributed by atoms with Crippen LogP contribution in [0.1, 0.15) is 38.3 Å². The summed E-state index contributed by atoms with van der Waals surface area (Å²) >= 11 is 0. The molecule has 2 aromatic rings. The van der Waals surface area contributed by atoms with Crippen molar-refractivity contribution in [1.82, 2.24) is 10.2 Å². The SMILES string of the molecule is CCCNC(=O)C(C)N(Cc1ccc(C)cc1)C(=O)CN(c1ccc2c(c1)OCO2)S(=O)(=O)CC. The zero-order chi connectivity index (χ0) is 25.6. The fourth-order valence-corrected chi connectivity index (χ4v) is 4.68. The number of rotatable bonds is 11. The van der Waals surface area contributed by atoms with Gasteiger partial charge in [0.25, 0.3) is 0 Å². The maximum Gasteiger partial charge on any atom is 0.244 e. The highest BCUT2D eigenvalue weighted by Gasteiger charge is 2.31. The molecule has 2 aromatic carbocycles. The molecule has 0 bridgehead atoms. The summed E-state index contributed by atoms with van der Waals surface area (Å²) in [5.74, 6) is -0.0508. The van der Waals surface area contributed by atoms with Gasteiger partial charge in [0, 0.05) is 19.2 Å². The molecule has 10 heteroatoms. The van der Waals surface area contributed by atoms with Crippen LogP contribution in [0.3, 0.4) is 0 Å². The Hall–Kier alpha value is -3.27. The molecule has 190 valence electrons. The van der Waals surface area contributed by atoms with Crippen molar-refractivity contribution in [3.8, 4) is 11.5 Å². The Morgan fingerprint density at radius 2 is 1.74 bits per heavy atom. The van der Waals surface area contributed by atoms with E-state index in [0.29, 0.717) is 23.7 Å². The molecule has 1 aliphatic heterocycles. The molecule has 1 unspecified atom stereocenters. The van der Waals surface area contributed by atoms with Crippen LogP contribution < -0.4 is 19.1 Å². The first-order chi connectivity index (χ1) is 16.7. The van der Waals surface area contributed by atoms with Crippen molar-refractivity contribution in [2.75, 3.05) is 29.9 Å². The summed E-state index contributed by atoms with van der Waals surface area (Å²) in [6.45, 7) is 7.33. The van der Waals surface area contributed by atoms with Crippen LogP contribution in [-0.4, -0.2) is 56.8 Å². The lowest BCUT2D eigenvalue weighted by Gasteiger charge is -2.32. The van der Waals surface area contributed by atoms with Crippen LogP contribution in [0.25, 0.3) is 0 Å². The highest BCUT2D eigenvalue weighted by Crippen LogP contribution is 2.36. The lowest BCUT2D eigenvalue weighted by Crippen LogP contribution is -2.51. The number of carbonyl (C=O) groups excluding carboxylic acids is 2. The average Bonchev–Trinajstić information content (AvgIpc) is 3.32. The van der Waals surface area contributed by atoms with Gasteiger partial charge in [-0.25, -0.2) is 8.42 Å². The fourth-order valence-electron chi connectivity index (χ4n) is 3.63.